The first-order valence-electron chi connectivity index (χ1n) is 9.02. The molecule has 0 unspecified atom stereocenters. The van der Waals surface area contributed by atoms with Crippen LogP contribution in [0, 0.1) is 0 Å². The van der Waals surface area contributed by atoms with Crippen molar-refractivity contribution >= 4 is 23.2 Å². The third-order valence-corrected chi connectivity index (χ3v) is 4.98. The molecule has 1 aliphatic rings. The maximum Gasteiger partial charge on any atom is 0.282 e. The summed E-state index contributed by atoms with van der Waals surface area (Å²) in [4.78, 5) is 30.9. The van der Waals surface area contributed by atoms with Gasteiger partial charge in [-0.1, -0.05) is 18.2 Å². The zero-order valence-electron chi connectivity index (χ0n) is 15.3. The van der Waals surface area contributed by atoms with Crippen molar-refractivity contribution in [3.63, 3.8) is 0 Å². The highest BCUT2D eigenvalue weighted by Crippen LogP contribution is 2.11. The number of ketones is 1. The number of hydrogen-bond donors (Lipinski definition) is 2. The molecular formula is C20H26N4O2+2. The number of quaternary nitrogens is 1. The van der Waals surface area contributed by atoms with E-state index >= 15 is 0 Å². The lowest BCUT2D eigenvalue weighted by atomic mass is 10.1. The zero-order chi connectivity index (χ0) is 18.5. The average molecular weight is 354 g/mol. The highest BCUT2D eigenvalue weighted by Gasteiger charge is 2.32. The first kappa shape index (κ1) is 18.1. The van der Waals surface area contributed by atoms with E-state index in [4.69, 9.17) is 0 Å². The van der Waals surface area contributed by atoms with Crippen LogP contribution in [0.25, 0.3) is 0 Å². The van der Waals surface area contributed by atoms with Crippen LogP contribution in [-0.4, -0.2) is 43.9 Å². The summed E-state index contributed by atoms with van der Waals surface area (Å²) in [7, 11) is 0. The smallest absolute Gasteiger partial charge is 0.282 e. The normalized spacial score (nSPS) is 16.2. The van der Waals surface area contributed by atoms with Gasteiger partial charge in [0.05, 0.1) is 6.20 Å². The molecule has 3 rings (SSSR count). The van der Waals surface area contributed by atoms with Crippen LogP contribution >= 0.6 is 0 Å². The molecule has 1 atom stereocenters. The number of amides is 1. The van der Waals surface area contributed by atoms with E-state index in [1.165, 1.54) is 11.8 Å². The van der Waals surface area contributed by atoms with Gasteiger partial charge in [0.25, 0.3) is 11.7 Å². The number of H-pyrrole nitrogens is 1. The Morgan fingerprint density at radius 2 is 1.92 bits per heavy atom. The summed E-state index contributed by atoms with van der Waals surface area (Å²) in [6.07, 6.45) is 1.93. The van der Waals surface area contributed by atoms with Crippen LogP contribution in [0.3, 0.4) is 0 Å². The fraction of sp³-hybridized carbons (Fsp3) is 0.350. The fourth-order valence-electron chi connectivity index (χ4n) is 3.30. The average Bonchev–Trinajstić information content (AvgIpc) is 2.68. The van der Waals surface area contributed by atoms with E-state index in [1.807, 2.05) is 31.3 Å². The van der Waals surface area contributed by atoms with Gasteiger partial charge in [-0.15, -0.1) is 0 Å². The lowest BCUT2D eigenvalue weighted by molar-refractivity contribution is -0.914. The molecule has 136 valence electrons. The molecule has 1 saturated heterocycles. The van der Waals surface area contributed by atoms with Crippen LogP contribution < -0.4 is 20.1 Å². The number of hydrogen-bond acceptors (Lipinski definition) is 3. The van der Waals surface area contributed by atoms with Gasteiger partial charge in [-0.2, -0.15) is 0 Å². The Labute approximate surface area is 153 Å². The zero-order valence-corrected chi connectivity index (χ0v) is 15.3. The van der Waals surface area contributed by atoms with E-state index in [0.717, 1.165) is 32.0 Å². The summed E-state index contributed by atoms with van der Waals surface area (Å²) in [6, 6.07) is 13.0. The lowest BCUT2D eigenvalue weighted by Gasteiger charge is -2.31. The molecule has 3 N–H and O–H groups in total. The summed E-state index contributed by atoms with van der Waals surface area (Å²) in [5, 5.41) is 2.95. The molecule has 1 aliphatic heterocycles. The van der Waals surface area contributed by atoms with Crippen molar-refractivity contribution in [3.8, 4) is 0 Å². The largest absolute Gasteiger partial charge is 0.321 e. The van der Waals surface area contributed by atoms with Gasteiger partial charge >= 0.3 is 0 Å². The molecule has 0 radical (unpaired) electrons. The third kappa shape index (κ3) is 4.26. The Morgan fingerprint density at radius 1 is 1.15 bits per heavy atom. The number of nitrogens with zero attached hydrogens (tertiary/aromatic N) is 1. The predicted molar refractivity (Wildman–Crippen MR) is 100 cm³/mol. The van der Waals surface area contributed by atoms with Crippen molar-refractivity contribution in [1.82, 2.24) is 0 Å². The molecule has 6 heteroatoms. The van der Waals surface area contributed by atoms with Crippen molar-refractivity contribution in [2.45, 2.75) is 19.9 Å². The standard InChI is InChI=1S/C20H24N4O2/c1-15(20(26)22-18-7-5-6-17(14-18)16(2)25)23-10-12-24(13-11-23)19-8-3-4-9-21-19/h3-9,14-15H,10-13H2,1-2H3,(H,22,26)/p+2/t15-/m0/s1. The second-order valence-electron chi connectivity index (χ2n) is 6.74. The van der Waals surface area contributed by atoms with Gasteiger partial charge < -0.3 is 10.2 Å². The minimum absolute atomic E-state index is 0.00592. The Kier molecular flexibility index (Phi) is 5.63. The number of pyridine rings is 1. The van der Waals surface area contributed by atoms with Gasteiger partial charge in [-0.05, 0) is 32.0 Å². The number of aromatic amines is 1. The van der Waals surface area contributed by atoms with E-state index in [0.29, 0.717) is 11.3 Å². The Hall–Kier alpha value is -2.73. The van der Waals surface area contributed by atoms with Crippen molar-refractivity contribution in [2.75, 3.05) is 36.4 Å². The van der Waals surface area contributed by atoms with Crippen LogP contribution in [-0.2, 0) is 4.79 Å². The summed E-state index contributed by atoms with van der Waals surface area (Å²) in [5.41, 5.74) is 1.28. The van der Waals surface area contributed by atoms with E-state index in [1.54, 1.807) is 18.2 Å². The Balaban J connectivity index is 1.56. The molecule has 0 bridgehead atoms. The molecule has 1 fully saturated rings. The summed E-state index contributed by atoms with van der Waals surface area (Å²) in [6.45, 7) is 7.12. The number of Topliss-reactive ketones (excluding diaryl/α,β-unsaturated/α-hetero) is 1. The van der Waals surface area contributed by atoms with Gasteiger partial charge in [0, 0.05) is 17.3 Å². The van der Waals surface area contributed by atoms with Crippen molar-refractivity contribution in [2.24, 2.45) is 0 Å². The Bertz CT molecular complexity index is 770. The maximum absolute atomic E-state index is 12.6. The molecule has 2 aromatic rings. The Morgan fingerprint density at radius 3 is 2.58 bits per heavy atom. The second kappa shape index (κ2) is 8.10. The molecule has 0 spiro atoms. The molecule has 2 heterocycles. The van der Waals surface area contributed by atoms with Crippen LogP contribution in [0.2, 0.25) is 0 Å². The SMILES string of the molecule is CC(=O)c1cccc(NC(=O)[C@H](C)[NH+]2CCN(c3cccc[nH+]3)CC2)c1. The van der Waals surface area contributed by atoms with Crippen molar-refractivity contribution in [1.29, 1.82) is 0 Å². The monoisotopic (exact) mass is 354 g/mol. The number of anilines is 2. The number of piperazine rings is 1. The number of rotatable bonds is 5. The molecule has 0 aliphatic carbocycles. The number of nitrogens with one attached hydrogen (secondary N) is 3. The van der Waals surface area contributed by atoms with Crippen LogP contribution in [0.1, 0.15) is 24.2 Å². The van der Waals surface area contributed by atoms with Gasteiger partial charge in [-0.25, -0.2) is 4.98 Å². The van der Waals surface area contributed by atoms with Crippen LogP contribution in [0.4, 0.5) is 11.5 Å². The van der Waals surface area contributed by atoms with Gasteiger partial charge in [0.2, 0.25) is 0 Å². The van der Waals surface area contributed by atoms with Gasteiger partial charge in [-0.3, -0.25) is 14.5 Å². The molecule has 26 heavy (non-hydrogen) atoms. The molecule has 1 amide bonds. The quantitative estimate of drug-likeness (QED) is 0.766. The molecule has 1 aromatic heterocycles. The number of carbonyl (C=O) groups is 2. The highest BCUT2D eigenvalue weighted by atomic mass is 16.2. The van der Waals surface area contributed by atoms with E-state index in [9.17, 15) is 9.59 Å². The molecular weight excluding hydrogens is 328 g/mol. The number of aromatic nitrogens is 1. The maximum atomic E-state index is 12.6. The lowest BCUT2D eigenvalue weighted by Crippen LogP contribution is -3.19. The number of benzene rings is 1. The summed E-state index contributed by atoms with van der Waals surface area (Å²) in [5.74, 6) is 1.10. The minimum atomic E-state index is -0.141. The van der Waals surface area contributed by atoms with E-state index < -0.39 is 0 Å². The topological polar surface area (TPSA) is 68.0 Å². The first-order valence-corrected chi connectivity index (χ1v) is 9.02. The van der Waals surface area contributed by atoms with Crippen molar-refractivity contribution < 1.29 is 19.5 Å². The van der Waals surface area contributed by atoms with Crippen molar-refractivity contribution in [3.05, 3.63) is 54.2 Å². The molecule has 1 aromatic carbocycles. The second-order valence-corrected chi connectivity index (χ2v) is 6.74. The van der Waals surface area contributed by atoms with Gasteiger partial charge in [0.1, 0.15) is 26.2 Å². The van der Waals surface area contributed by atoms with Crippen LogP contribution in [0.15, 0.2) is 48.7 Å². The first-order chi connectivity index (χ1) is 12.5. The molecule has 6 nitrogen and oxygen atoms in total. The van der Waals surface area contributed by atoms with Crippen LogP contribution in [0.5, 0.6) is 0 Å². The fourth-order valence-corrected chi connectivity index (χ4v) is 3.30. The third-order valence-electron chi connectivity index (χ3n) is 4.98. The minimum Gasteiger partial charge on any atom is -0.321 e. The van der Waals surface area contributed by atoms with E-state index in [2.05, 4.69) is 21.3 Å². The summed E-state index contributed by atoms with van der Waals surface area (Å²) >= 11 is 0. The van der Waals surface area contributed by atoms with Gasteiger partial charge in [0.15, 0.2) is 11.8 Å². The van der Waals surface area contributed by atoms with E-state index in [-0.39, 0.29) is 17.7 Å². The number of carbonyl (C=O) groups excluding carboxylic acids is 2. The summed E-state index contributed by atoms with van der Waals surface area (Å²) < 4.78 is 0. The highest BCUT2D eigenvalue weighted by molar-refractivity contribution is 5.97. The predicted octanol–water partition coefficient (Wildman–Crippen LogP) is 0.435. The molecule has 0 saturated carbocycles.